The van der Waals surface area contributed by atoms with Gasteiger partial charge < -0.3 is 10.2 Å². The largest absolute Gasteiger partial charge is 0.365 e. The van der Waals surface area contributed by atoms with Gasteiger partial charge >= 0.3 is 0 Å². The SMILES string of the molecule is CN1CCCC(Nc2ncnc3c2cnn3C)C1. The van der Waals surface area contributed by atoms with Gasteiger partial charge in [-0.15, -0.1) is 0 Å². The summed E-state index contributed by atoms with van der Waals surface area (Å²) in [5.74, 6) is 0.897. The average Bonchev–Trinajstić information content (AvgIpc) is 2.73. The van der Waals surface area contributed by atoms with E-state index in [1.807, 2.05) is 13.2 Å². The second-order valence-corrected chi connectivity index (χ2v) is 4.97. The predicted molar refractivity (Wildman–Crippen MR) is 70.4 cm³/mol. The minimum atomic E-state index is 0.460. The standard InChI is InChI=1S/C12H18N6/c1-17-5-3-4-9(7-17)16-11-10-6-15-18(2)12(10)14-8-13-11/h6,8-9H,3-5,7H2,1-2H3,(H,13,14,16). The highest BCUT2D eigenvalue weighted by atomic mass is 15.3. The minimum Gasteiger partial charge on any atom is -0.365 e. The number of aromatic nitrogens is 4. The van der Waals surface area contributed by atoms with Crippen molar-refractivity contribution in [1.29, 1.82) is 0 Å². The molecule has 0 amide bonds. The zero-order valence-electron chi connectivity index (χ0n) is 10.8. The molecule has 3 heterocycles. The van der Waals surface area contributed by atoms with Gasteiger partial charge in [-0.2, -0.15) is 5.10 Å². The summed E-state index contributed by atoms with van der Waals surface area (Å²) < 4.78 is 1.77. The van der Waals surface area contributed by atoms with E-state index in [0.717, 1.165) is 23.4 Å². The van der Waals surface area contributed by atoms with Gasteiger partial charge in [-0.3, -0.25) is 4.68 Å². The van der Waals surface area contributed by atoms with E-state index in [2.05, 4.69) is 32.3 Å². The molecule has 2 aromatic rings. The molecule has 1 fully saturated rings. The minimum absolute atomic E-state index is 0.460. The smallest absolute Gasteiger partial charge is 0.163 e. The number of nitrogens with one attached hydrogen (secondary N) is 1. The van der Waals surface area contributed by atoms with Crippen molar-refractivity contribution in [3.05, 3.63) is 12.5 Å². The maximum atomic E-state index is 4.35. The van der Waals surface area contributed by atoms with Crippen LogP contribution in [0.2, 0.25) is 0 Å². The zero-order chi connectivity index (χ0) is 12.5. The Morgan fingerprint density at radius 2 is 2.22 bits per heavy atom. The third-order valence-corrected chi connectivity index (χ3v) is 3.49. The molecule has 6 heteroatoms. The number of nitrogens with zero attached hydrogens (tertiary/aromatic N) is 5. The third-order valence-electron chi connectivity index (χ3n) is 3.49. The van der Waals surface area contributed by atoms with E-state index in [1.165, 1.54) is 19.4 Å². The summed E-state index contributed by atoms with van der Waals surface area (Å²) in [6.45, 7) is 2.25. The molecule has 0 radical (unpaired) electrons. The Morgan fingerprint density at radius 1 is 1.33 bits per heavy atom. The maximum absolute atomic E-state index is 4.35. The Morgan fingerprint density at radius 3 is 3.06 bits per heavy atom. The molecule has 2 aromatic heterocycles. The Balaban J connectivity index is 1.86. The summed E-state index contributed by atoms with van der Waals surface area (Å²) >= 11 is 0. The highest BCUT2D eigenvalue weighted by molar-refractivity contribution is 5.86. The highest BCUT2D eigenvalue weighted by Crippen LogP contribution is 2.20. The number of likely N-dealkylation sites (N-methyl/N-ethyl adjacent to an activating group) is 1. The van der Waals surface area contributed by atoms with E-state index in [1.54, 1.807) is 11.0 Å². The van der Waals surface area contributed by atoms with Gasteiger partial charge in [0.1, 0.15) is 12.1 Å². The van der Waals surface area contributed by atoms with Crippen molar-refractivity contribution < 1.29 is 0 Å². The van der Waals surface area contributed by atoms with Crippen molar-refractivity contribution in [3.63, 3.8) is 0 Å². The summed E-state index contributed by atoms with van der Waals surface area (Å²) in [6, 6.07) is 0.460. The Kier molecular flexibility index (Phi) is 2.87. The van der Waals surface area contributed by atoms with Crippen molar-refractivity contribution in [1.82, 2.24) is 24.6 Å². The zero-order valence-corrected chi connectivity index (χ0v) is 10.8. The topological polar surface area (TPSA) is 58.9 Å². The second-order valence-electron chi connectivity index (χ2n) is 4.97. The lowest BCUT2D eigenvalue weighted by Gasteiger charge is -2.30. The molecule has 6 nitrogen and oxygen atoms in total. The van der Waals surface area contributed by atoms with Crippen LogP contribution in [-0.2, 0) is 7.05 Å². The highest BCUT2D eigenvalue weighted by Gasteiger charge is 2.18. The third kappa shape index (κ3) is 2.03. The predicted octanol–water partition coefficient (Wildman–Crippen LogP) is 0.869. The van der Waals surface area contributed by atoms with Crippen LogP contribution < -0.4 is 5.32 Å². The van der Waals surface area contributed by atoms with E-state index in [4.69, 9.17) is 0 Å². The molecule has 0 bridgehead atoms. The van der Waals surface area contributed by atoms with Gasteiger partial charge in [0, 0.05) is 19.6 Å². The van der Waals surface area contributed by atoms with Crippen molar-refractivity contribution in [2.24, 2.45) is 7.05 Å². The lowest BCUT2D eigenvalue weighted by atomic mass is 10.1. The molecule has 0 spiro atoms. The van der Waals surface area contributed by atoms with Crippen molar-refractivity contribution in [2.75, 3.05) is 25.5 Å². The normalized spacial score (nSPS) is 21.3. The second kappa shape index (κ2) is 4.53. The van der Waals surface area contributed by atoms with Crippen LogP contribution in [0.5, 0.6) is 0 Å². The quantitative estimate of drug-likeness (QED) is 0.852. The van der Waals surface area contributed by atoms with Crippen LogP contribution in [0, 0.1) is 0 Å². The first-order valence-electron chi connectivity index (χ1n) is 6.32. The summed E-state index contributed by atoms with van der Waals surface area (Å²) in [5.41, 5.74) is 0.872. The van der Waals surface area contributed by atoms with E-state index < -0.39 is 0 Å². The fourth-order valence-corrected chi connectivity index (χ4v) is 2.55. The molecular weight excluding hydrogens is 228 g/mol. The molecule has 3 rings (SSSR count). The lowest BCUT2D eigenvalue weighted by Crippen LogP contribution is -2.39. The van der Waals surface area contributed by atoms with Crippen LogP contribution in [0.4, 0.5) is 5.82 Å². The fraction of sp³-hybridized carbons (Fsp3) is 0.583. The average molecular weight is 246 g/mol. The molecule has 0 aliphatic carbocycles. The lowest BCUT2D eigenvalue weighted by molar-refractivity contribution is 0.261. The Hall–Kier alpha value is -1.69. The van der Waals surface area contributed by atoms with Crippen molar-refractivity contribution in [3.8, 4) is 0 Å². The van der Waals surface area contributed by atoms with Gasteiger partial charge in [-0.05, 0) is 26.4 Å². The van der Waals surface area contributed by atoms with Crippen molar-refractivity contribution in [2.45, 2.75) is 18.9 Å². The van der Waals surface area contributed by atoms with E-state index in [0.29, 0.717) is 6.04 Å². The van der Waals surface area contributed by atoms with Crippen LogP contribution >= 0.6 is 0 Å². The number of rotatable bonds is 2. The molecular formula is C12H18N6. The van der Waals surface area contributed by atoms with Crippen LogP contribution in [0.15, 0.2) is 12.5 Å². The van der Waals surface area contributed by atoms with E-state index >= 15 is 0 Å². The first-order chi connectivity index (χ1) is 8.74. The molecule has 0 aromatic carbocycles. The van der Waals surface area contributed by atoms with Crippen molar-refractivity contribution >= 4 is 16.9 Å². The first-order valence-corrected chi connectivity index (χ1v) is 6.32. The van der Waals surface area contributed by atoms with Gasteiger partial charge in [0.15, 0.2) is 5.65 Å². The van der Waals surface area contributed by atoms with E-state index in [9.17, 15) is 0 Å². The van der Waals surface area contributed by atoms with Gasteiger partial charge in [-0.1, -0.05) is 0 Å². The molecule has 1 atom stereocenters. The summed E-state index contributed by atoms with van der Waals surface area (Å²) in [4.78, 5) is 10.9. The van der Waals surface area contributed by atoms with Crippen LogP contribution in [-0.4, -0.2) is 50.8 Å². The molecule has 96 valence electrons. The number of aryl methyl sites for hydroxylation is 1. The summed E-state index contributed by atoms with van der Waals surface area (Å²) in [6.07, 6.45) is 5.84. The Labute approximate surface area is 106 Å². The Bertz CT molecular complexity index is 548. The fourth-order valence-electron chi connectivity index (χ4n) is 2.55. The van der Waals surface area contributed by atoms with Gasteiger partial charge in [0.05, 0.1) is 11.6 Å². The summed E-state index contributed by atoms with van der Waals surface area (Å²) in [7, 11) is 4.06. The molecule has 1 aliphatic heterocycles. The molecule has 0 saturated carbocycles. The first kappa shape index (κ1) is 11.4. The number of hydrogen-bond donors (Lipinski definition) is 1. The summed E-state index contributed by atoms with van der Waals surface area (Å²) in [5, 5.41) is 8.74. The molecule has 1 N–H and O–H groups in total. The molecule has 1 saturated heterocycles. The van der Waals surface area contributed by atoms with Gasteiger partial charge in [0.2, 0.25) is 0 Å². The molecule has 18 heavy (non-hydrogen) atoms. The number of likely N-dealkylation sites (tertiary alicyclic amines) is 1. The van der Waals surface area contributed by atoms with Gasteiger partial charge in [-0.25, -0.2) is 9.97 Å². The van der Waals surface area contributed by atoms with Gasteiger partial charge in [0.25, 0.3) is 0 Å². The molecule has 1 aliphatic rings. The van der Waals surface area contributed by atoms with Crippen LogP contribution in [0.1, 0.15) is 12.8 Å². The van der Waals surface area contributed by atoms with Crippen LogP contribution in [0.3, 0.4) is 0 Å². The van der Waals surface area contributed by atoms with E-state index in [-0.39, 0.29) is 0 Å². The number of anilines is 1. The monoisotopic (exact) mass is 246 g/mol. The maximum Gasteiger partial charge on any atom is 0.163 e. The number of hydrogen-bond acceptors (Lipinski definition) is 5. The number of fused-ring (bicyclic) bond motifs is 1. The molecule has 1 unspecified atom stereocenters. The number of piperidine rings is 1. The van der Waals surface area contributed by atoms with Crippen LogP contribution in [0.25, 0.3) is 11.0 Å².